The summed E-state index contributed by atoms with van der Waals surface area (Å²) < 4.78 is 51.5. The maximum atomic E-state index is 14.5. The van der Waals surface area contributed by atoms with Crippen molar-refractivity contribution in [3.05, 3.63) is 41.9 Å². The Bertz CT molecular complexity index is 1450. The number of aromatic nitrogens is 4. The fourth-order valence-electron chi connectivity index (χ4n) is 7.81. The van der Waals surface area contributed by atoms with E-state index in [4.69, 9.17) is 9.05 Å². The van der Waals surface area contributed by atoms with Crippen LogP contribution in [0.4, 0.5) is 18.9 Å². The molecule has 7 aliphatic rings. The number of rotatable bonds is 8. The number of fused-ring (bicyclic) bond motifs is 3. The van der Waals surface area contributed by atoms with Gasteiger partial charge in [0.2, 0.25) is 29.3 Å². The Labute approximate surface area is 228 Å². The molecule has 4 bridgehead atoms. The fourth-order valence-corrected chi connectivity index (χ4v) is 7.81. The standard InChI is InChI=1S/C29H30F3N5O3/c30-20(31)22-34-24(40-36-22)27-9-6-26(7-10-27,8-11-27)16-37(25(38)28-13-29(32,14-28)15-28)19-3-1-2-18(12-19)21-33-23(39-35-21)17-4-5-17/h1-3,12,17,20H,4-11,13-16H2. The third-order valence-electron chi connectivity index (χ3n) is 10.4. The summed E-state index contributed by atoms with van der Waals surface area (Å²) >= 11 is 0. The van der Waals surface area contributed by atoms with Gasteiger partial charge in [-0.3, -0.25) is 4.79 Å². The Kier molecular flexibility index (Phi) is 5.01. The van der Waals surface area contributed by atoms with Crippen molar-refractivity contribution in [2.45, 2.75) is 94.1 Å². The van der Waals surface area contributed by atoms with Crippen molar-refractivity contribution in [3.63, 3.8) is 0 Å². The Morgan fingerprint density at radius 2 is 1.73 bits per heavy atom. The number of hydrogen-bond acceptors (Lipinski definition) is 7. The van der Waals surface area contributed by atoms with Crippen LogP contribution < -0.4 is 4.90 Å². The number of carbonyl (C=O) groups is 1. The molecule has 0 N–H and O–H groups in total. The predicted octanol–water partition coefficient (Wildman–Crippen LogP) is 6.45. The highest BCUT2D eigenvalue weighted by molar-refractivity contribution is 6.00. The minimum absolute atomic E-state index is 0.00813. The number of amides is 1. The van der Waals surface area contributed by atoms with Gasteiger partial charge >= 0.3 is 6.43 Å². The van der Waals surface area contributed by atoms with Crippen LogP contribution in [0.5, 0.6) is 0 Å². The van der Waals surface area contributed by atoms with Gasteiger partial charge < -0.3 is 13.9 Å². The van der Waals surface area contributed by atoms with Crippen LogP contribution in [0.15, 0.2) is 33.3 Å². The van der Waals surface area contributed by atoms with Crippen LogP contribution in [0.3, 0.4) is 0 Å². The average Bonchev–Trinajstić information content (AvgIpc) is 3.44. The Morgan fingerprint density at radius 1 is 1.00 bits per heavy atom. The average molecular weight is 554 g/mol. The first-order valence-electron chi connectivity index (χ1n) is 14.3. The monoisotopic (exact) mass is 553 g/mol. The van der Waals surface area contributed by atoms with Crippen molar-refractivity contribution in [2.75, 3.05) is 11.4 Å². The van der Waals surface area contributed by atoms with Crippen LogP contribution in [0, 0.1) is 10.8 Å². The lowest BCUT2D eigenvalue weighted by atomic mass is 9.41. The molecule has 40 heavy (non-hydrogen) atoms. The maximum absolute atomic E-state index is 14.5. The largest absolute Gasteiger partial charge is 0.339 e. The molecule has 2 aromatic heterocycles. The van der Waals surface area contributed by atoms with Crippen LogP contribution in [-0.4, -0.2) is 38.4 Å². The minimum atomic E-state index is -2.76. The van der Waals surface area contributed by atoms with E-state index in [0.717, 1.165) is 62.6 Å². The van der Waals surface area contributed by atoms with Crippen LogP contribution >= 0.6 is 0 Å². The molecule has 7 saturated carbocycles. The van der Waals surface area contributed by atoms with Gasteiger partial charge in [-0.2, -0.15) is 9.97 Å². The highest BCUT2D eigenvalue weighted by atomic mass is 19.3. The normalized spacial score (nSPS) is 34.0. The van der Waals surface area contributed by atoms with Gasteiger partial charge in [0.25, 0.3) is 0 Å². The lowest BCUT2D eigenvalue weighted by Crippen LogP contribution is -2.71. The van der Waals surface area contributed by atoms with Crippen LogP contribution in [0.2, 0.25) is 0 Å². The summed E-state index contributed by atoms with van der Waals surface area (Å²) in [4.78, 5) is 24.6. The van der Waals surface area contributed by atoms with E-state index < -0.39 is 23.3 Å². The molecule has 0 unspecified atom stereocenters. The molecule has 7 fully saturated rings. The number of benzene rings is 1. The minimum Gasteiger partial charge on any atom is -0.339 e. The summed E-state index contributed by atoms with van der Waals surface area (Å²) in [6.45, 7) is 0.526. The molecule has 210 valence electrons. The third kappa shape index (κ3) is 3.68. The quantitative estimate of drug-likeness (QED) is 0.316. The first-order valence-corrected chi connectivity index (χ1v) is 14.3. The van der Waals surface area contributed by atoms with Gasteiger partial charge in [0.15, 0.2) is 0 Å². The number of hydrogen-bond donors (Lipinski definition) is 0. The molecular formula is C29H30F3N5O3. The molecule has 1 amide bonds. The number of halogens is 3. The van der Waals surface area contributed by atoms with E-state index in [2.05, 4.69) is 20.3 Å². The van der Waals surface area contributed by atoms with E-state index in [9.17, 15) is 18.0 Å². The number of carbonyl (C=O) groups excluding carboxylic acids is 1. The first-order chi connectivity index (χ1) is 19.2. The fraction of sp³-hybridized carbons (Fsp3) is 0.621. The second kappa shape index (κ2) is 8.16. The zero-order valence-corrected chi connectivity index (χ0v) is 22.0. The number of nitrogens with zero attached hydrogens (tertiary/aromatic N) is 5. The van der Waals surface area contributed by atoms with E-state index in [1.807, 2.05) is 29.2 Å². The smallest absolute Gasteiger partial charge is 0.300 e. The van der Waals surface area contributed by atoms with Crippen molar-refractivity contribution in [1.82, 2.24) is 20.3 Å². The lowest BCUT2D eigenvalue weighted by molar-refractivity contribution is -0.211. The first kappa shape index (κ1) is 24.5. The molecule has 3 aromatic rings. The van der Waals surface area contributed by atoms with E-state index >= 15 is 0 Å². The maximum Gasteiger partial charge on any atom is 0.300 e. The molecule has 7 aliphatic carbocycles. The Hall–Kier alpha value is -3.24. The van der Waals surface area contributed by atoms with Crippen molar-refractivity contribution in [2.24, 2.45) is 10.8 Å². The summed E-state index contributed by atoms with van der Waals surface area (Å²) in [5.74, 6) is 1.25. The SMILES string of the molecule is O=C(N(CC12CCC(c3nc(C(F)F)no3)(CC1)CC2)c1cccc(-c2noc(C3CC3)n2)c1)C12CC(F)(C1)C2. The molecule has 8 nitrogen and oxygen atoms in total. The highest BCUT2D eigenvalue weighted by Gasteiger charge is 2.73. The number of alkyl halides is 3. The summed E-state index contributed by atoms with van der Waals surface area (Å²) in [7, 11) is 0. The van der Waals surface area contributed by atoms with Crippen LogP contribution in [0.25, 0.3) is 11.4 Å². The molecule has 2 heterocycles. The summed E-state index contributed by atoms with van der Waals surface area (Å²) in [5, 5.41) is 7.67. The van der Waals surface area contributed by atoms with E-state index in [-0.39, 0.29) is 16.7 Å². The van der Waals surface area contributed by atoms with Gasteiger partial charge in [-0.05, 0) is 88.2 Å². The second-order valence-corrected chi connectivity index (χ2v) is 13.2. The van der Waals surface area contributed by atoms with Crippen LogP contribution in [0.1, 0.15) is 101 Å². The molecule has 1 aromatic carbocycles. The molecule has 0 aliphatic heterocycles. The highest BCUT2D eigenvalue weighted by Crippen LogP contribution is 2.70. The Morgan fingerprint density at radius 3 is 2.35 bits per heavy atom. The summed E-state index contributed by atoms with van der Waals surface area (Å²) in [6.07, 6.45) is 4.93. The third-order valence-corrected chi connectivity index (χ3v) is 10.4. The topological polar surface area (TPSA) is 98.2 Å². The molecular weight excluding hydrogens is 523 g/mol. The van der Waals surface area contributed by atoms with Gasteiger partial charge in [-0.1, -0.05) is 22.4 Å². The molecule has 10 rings (SSSR count). The van der Waals surface area contributed by atoms with Gasteiger partial charge in [-0.15, -0.1) is 0 Å². The molecule has 0 atom stereocenters. The van der Waals surface area contributed by atoms with Gasteiger partial charge in [0.05, 0.1) is 5.41 Å². The molecule has 0 radical (unpaired) electrons. The summed E-state index contributed by atoms with van der Waals surface area (Å²) in [5.41, 5.74) is -0.769. The zero-order valence-electron chi connectivity index (χ0n) is 22.0. The van der Waals surface area contributed by atoms with Crippen molar-refractivity contribution < 1.29 is 27.0 Å². The van der Waals surface area contributed by atoms with E-state index in [0.29, 0.717) is 49.3 Å². The van der Waals surface area contributed by atoms with Crippen molar-refractivity contribution in [3.8, 4) is 11.4 Å². The van der Waals surface area contributed by atoms with Crippen molar-refractivity contribution >= 4 is 11.6 Å². The van der Waals surface area contributed by atoms with E-state index in [1.54, 1.807) is 0 Å². The predicted molar refractivity (Wildman–Crippen MR) is 135 cm³/mol. The van der Waals surface area contributed by atoms with Crippen LogP contribution in [-0.2, 0) is 10.2 Å². The van der Waals surface area contributed by atoms with Crippen molar-refractivity contribution in [1.29, 1.82) is 0 Å². The Balaban J connectivity index is 1.07. The van der Waals surface area contributed by atoms with Gasteiger partial charge in [-0.25, -0.2) is 13.2 Å². The molecule has 0 saturated heterocycles. The molecule has 11 heteroatoms. The molecule has 0 spiro atoms. The summed E-state index contributed by atoms with van der Waals surface area (Å²) in [6, 6.07) is 7.68. The van der Waals surface area contributed by atoms with Gasteiger partial charge in [0.1, 0.15) is 5.67 Å². The van der Waals surface area contributed by atoms with Gasteiger partial charge in [0, 0.05) is 29.1 Å². The lowest BCUT2D eigenvalue weighted by Gasteiger charge is -2.65. The number of anilines is 1. The van der Waals surface area contributed by atoms with E-state index in [1.165, 1.54) is 0 Å². The second-order valence-electron chi connectivity index (χ2n) is 13.2. The zero-order chi connectivity index (χ0) is 27.3.